The van der Waals surface area contributed by atoms with Crippen molar-refractivity contribution >= 4 is 23.6 Å². The molecule has 216 valence electrons. The molecule has 2 aromatic carbocycles. The molecule has 1 aliphatic heterocycles. The molecule has 0 saturated carbocycles. The molecular weight excluding hydrogens is 512 g/mol. The maximum Gasteiger partial charge on any atom is 0.245 e. The molecule has 3 rings (SSSR count). The van der Waals surface area contributed by atoms with Gasteiger partial charge in [-0.3, -0.25) is 19.2 Å². The number of para-hydroxylation sites is 1. The maximum atomic E-state index is 13.4. The molecule has 1 fully saturated rings. The maximum absolute atomic E-state index is 13.4. The lowest BCUT2D eigenvalue weighted by Gasteiger charge is -2.29. The summed E-state index contributed by atoms with van der Waals surface area (Å²) in [7, 11) is 3.14. The normalized spacial score (nSPS) is 19.6. The minimum atomic E-state index is -0.848. The minimum absolute atomic E-state index is 0.0763. The molecule has 2 N–H and O–H groups in total. The van der Waals surface area contributed by atoms with Crippen LogP contribution >= 0.6 is 0 Å². The number of likely N-dealkylation sites (N-methyl/N-ethyl adjacent to an activating group) is 1. The van der Waals surface area contributed by atoms with Crippen LogP contribution in [-0.4, -0.2) is 85.9 Å². The quantitative estimate of drug-likeness (QED) is 0.544. The third-order valence-corrected chi connectivity index (χ3v) is 6.96. The highest BCUT2D eigenvalue weighted by Gasteiger charge is 2.30. The average molecular weight is 553 g/mol. The molecule has 4 amide bonds. The van der Waals surface area contributed by atoms with Gasteiger partial charge in [-0.15, -0.1) is 0 Å². The number of hydrogen-bond donors (Lipinski definition) is 2. The van der Waals surface area contributed by atoms with Gasteiger partial charge in [0.15, 0.2) is 0 Å². The second kappa shape index (κ2) is 15.5. The molecule has 1 aliphatic rings. The average Bonchev–Trinajstić information content (AvgIpc) is 2.97. The van der Waals surface area contributed by atoms with Crippen LogP contribution in [0.3, 0.4) is 0 Å². The Bertz CT molecular complexity index is 1120. The van der Waals surface area contributed by atoms with Gasteiger partial charge in [0.05, 0.1) is 20.1 Å². The molecule has 0 aliphatic carbocycles. The Morgan fingerprint density at radius 1 is 0.975 bits per heavy atom. The summed E-state index contributed by atoms with van der Waals surface area (Å²) in [6.07, 6.45) is 1.62. The fourth-order valence-corrected chi connectivity index (χ4v) is 4.43. The number of hydrogen-bond acceptors (Lipinski definition) is 6. The van der Waals surface area contributed by atoms with Crippen LogP contribution in [0.2, 0.25) is 0 Å². The van der Waals surface area contributed by atoms with E-state index in [0.29, 0.717) is 44.0 Å². The smallest absolute Gasteiger partial charge is 0.245 e. The van der Waals surface area contributed by atoms with Gasteiger partial charge in [-0.2, -0.15) is 0 Å². The third kappa shape index (κ3) is 9.29. The van der Waals surface area contributed by atoms with Crippen molar-refractivity contribution in [3.05, 3.63) is 60.2 Å². The van der Waals surface area contributed by atoms with Gasteiger partial charge in [-0.05, 0) is 49.6 Å². The van der Waals surface area contributed by atoms with Crippen LogP contribution in [0.1, 0.15) is 38.2 Å². The summed E-state index contributed by atoms with van der Waals surface area (Å²) in [4.78, 5) is 55.2. The summed E-state index contributed by atoms with van der Waals surface area (Å²) in [6.45, 7) is 3.09. The van der Waals surface area contributed by atoms with Crippen molar-refractivity contribution < 1.29 is 28.7 Å². The highest BCUT2D eigenvalue weighted by atomic mass is 16.5. The molecule has 2 atom stereocenters. The molecule has 2 aromatic rings. The summed E-state index contributed by atoms with van der Waals surface area (Å²) in [5.41, 5.74) is 0.845. The number of ether oxygens (including phenoxy) is 2. The summed E-state index contributed by atoms with van der Waals surface area (Å²) < 4.78 is 10.9. The standard InChI is InChI=1S/C30H40N4O6/c1-22-29(37)31-17-8-19-34(28(36)16-20-40-25-9-5-4-6-10-25)18-7-11-27(35)32-26(30(38)33(22)2)21-23-12-14-24(39-3)15-13-23/h4-6,9-10,12-15,22,26H,7-8,11,16-21H2,1-3H3,(H,31,37)(H,32,35)/t22-,26-/m0/s1. The number of carbonyl (C=O) groups is 4. The minimum Gasteiger partial charge on any atom is -0.497 e. The van der Waals surface area contributed by atoms with Crippen molar-refractivity contribution in [2.75, 3.05) is 40.4 Å². The molecular formula is C30H40N4O6. The molecule has 0 spiro atoms. The van der Waals surface area contributed by atoms with Crippen LogP contribution in [0.4, 0.5) is 0 Å². The van der Waals surface area contributed by atoms with Crippen LogP contribution in [-0.2, 0) is 25.6 Å². The van der Waals surface area contributed by atoms with Crippen molar-refractivity contribution in [2.24, 2.45) is 0 Å². The van der Waals surface area contributed by atoms with Gasteiger partial charge in [-0.1, -0.05) is 30.3 Å². The van der Waals surface area contributed by atoms with E-state index in [2.05, 4.69) is 10.6 Å². The van der Waals surface area contributed by atoms with E-state index in [1.165, 1.54) is 4.90 Å². The predicted octanol–water partition coefficient (Wildman–Crippen LogP) is 2.17. The van der Waals surface area contributed by atoms with Gasteiger partial charge in [-0.25, -0.2) is 0 Å². The Labute approximate surface area is 236 Å². The van der Waals surface area contributed by atoms with Crippen molar-refractivity contribution in [1.82, 2.24) is 20.4 Å². The zero-order valence-electron chi connectivity index (χ0n) is 23.6. The van der Waals surface area contributed by atoms with Gasteiger partial charge in [0.25, 0.3) is 0 Å². The van der Waals surface area contributed by atoms with Gasteiger partial charge in [0.2, 0.25) is 23.6 Å². The largest absolute Gasteiger partial charge is 0.497 e. The first-order valence-electron chi connectivity index (χ1n) is 13.7. The SMILES string of the molecule is COc1ccc(C[C@@H]2NC(=O)CCCN(C(=O)CCOc3ccccc3)CCCNC(=O)[C@H](C)N(C)C2=O)cc1. The van der Waals surface area contributed by atoms with Gasteiger partial charge in [0.1, 0.15) is 23.6 Å². The van der Waals surface area contributed by atoms with E-state index in [9.17, 15) is 19.2 Å². The highest BCUT2D eigenvalue weighted by molar-refractivity contribution is 5.92. The van der Waals surface area contributed by atoms with E-state index < -0.39 is 12.1 Å². The number of nitrogens with zero attached hydrogens (tertiary/aromatic N) is 2. The number of methoxy groups -OCH3 is 1. The monoisotopic (exact) mass is 552 g/mol. The highest BCUT2D eigenvalue weighted by Crippen LogP contribution is 2.15. The second-order valence-corrected chi connectivity index (χ2v) is 9.84. The van der Waals surface area contributed by atoms with Crippen molar-refractivity contribution in [3.8, 4) is 11.5 Å². The fraction of sp³-hybridized carbons (Fsp3) is 0.467. The Kier molecular flexibility index (Phi) is 11.8. The van der Waals surface area contributed by atoms with Gasteiger partial charge < -0.3 is 29.9 Å². The van der Waals surface area contributed by atoms with E-state index >= 15 is 0 Å². The summed E-state index contributed by atoms with van der Waals surface area (Å²) in [5, 5.41) is 5.73. The zero-order valence-corrected chi connectivity index (χ0v) is 23.6. The van der Waals surface area contributed by atoms with Crippen LogP contribution in [0.15, 0.2) is 54.6 Å². The predicted molar refractivity (Wildman–Crippen MR) is 151 cm³/mol. The van der Waals surface area contributed by atoms with E-state index in [0.717, 1.165) is 5.56 Å². The molecule has 0 radical (unpaired) electrons. The van der Waals surface area contributed by atoms with Crippen LogP contribution in [0.25, 0.3) is 0 Å². The number of benzene rings is 2. The topological polar surface area (TPSA) is 117 Å². The number of carbonyl (C=O) groups excluding carboxylic acids is 4. The first-order chi connectivity index (χ1) is 19.3. The zero-order chi connectivity index (χ0) is 28.9. The van der Waals surface area contributed by atoms with E-state index in [1.807, 2.05) is 42.5 Å². The second-order valence-electron chi connectivity index (χ2n) is 9.84. The molecule has 10 heteroatoms. The third-order valence-electron chi connectivity index (χ3n) is 6.96. The van der Waals surface area contributed by atoms with E-state index in [4.69, 9.17) is 9.47 Å². The van der Waals surface area contributed by atoms with Crippen LogP contribution in [0.5, 0.6) is 11.5 Å². The molecule has 1 heterocycles. The molecule has 0 bridgehead atoms. The molecule has 0 aromatic heterocycles. The molecule has 40 heavy (non-hydrogen) atoms. The van der Waals surface area contributed by atoms with Gasteiger partial charge >= 0.3 is 0 Å². The summed E-state index contributed by atoms with van der Waals surface area (Å²) in [6, 6.07) is 15.0. The molecule has 1 saturated heterocycles. The van der Waals surface area contributed by atoms with Gasteiger partial charge in [0, 0.05) is 39.5 Å². The summed E-state index contributed by atoms with van der Waals surface area (Å²) in [5.74, 6) is 0.380. The Morgan fingerprint density at radius 3 is 2.38 bits per heavy atom. The van der Waals surface area contributed by atoms with E-state index in [-0.39, 0.29) is 49.5 Å². The first kappa shape index (κ1) is 30.5. The number of rotatable bonds is 7. The lowest BCUT2D eigenvalue weighted by atomic mass is 10.0. The number of nitrogens with one attached hydrogen (secondary N) is 2. The van der Waals surface area contributed by atoms with Crippen molar-refractivity contribution in [3.63, 3.8) is 0 Å². The lowest BCUT2D eigenvalue weighted by Crippen LogP contribution is -2.54. The number of amides is 4. The van der Waals surface area contributed by atoms with Crippen LogP contribution in [0, 0.1) is 0 Å². The molecule has 10 nitrogen and oxygen atoms in total. The lowest BCUT2D eigenvalue weighted by molar-refractivity contribution is -0.141. The van der Waals surface area contributed by atoms with Crippen molar-refractivity contribution in [2.45, 2.75) is 51.1 Å². The first-order valence-corrected chi connectivity index (χ1v) is 13.7. The van der Waals surface area contributed by atoms with Crippen LogP contribution < -0.4 is 20.1 Å². The summed E-state index contributed by atoms with van der Waals surface area (Å²) >= 11 is 0. The fourth-order valence-electron chi connectivity index (χ4n) is 4.43. The van der Waals surface area contributed by atoms with Crippen molar-refractivity contribution in [1.29, 1.82) is 0 Å². The Morgan fingerprint density at radius 2 is 1.68 bits per heavy atom. The Balaban J connectivity index is 1.67. The Hall–Kier alpha value is -4.08. The molecule has 0 unspecified atom stereocenters. The van der Waals surface area contributed by atoms with E-state index in [1.54, 1.807) is 38.1 Å².